The number of nitrogens with one attached hydrogen (secondary N) is 1. The summed E-state index contributed by atoms with van der Waals surface area (Å²) in [7, 11) is 0. The van der Waals surface area contributed by atoms with Crippen molar-refractivity contribution in [3.8, 4) is 0 Å². The molecule has 0 radical (unpaired) electrons. The molecular formula is C14H21F3N2O4. The molecule has 2 amide bonds. The molecule has 0 bridgehead atoms. The second-order valence-electron chi connectivity index (χ2n) is 5.94. The van der Waals surface area contributed by atoms with Crippen LogP contribution in [0, 0.1) is 5.92 Å². The molecule has 0 aromatic rings. The van der Waals surface area contributed by atoms with E-state index >= 15 is 0 Å². The number of carbonyl (C=O) groups excluding carboxylic acids is 3. The third kappa shape index (κ3) is 4.14. The predicted molar refractivity (Wildman–Crippen MR) is 74.2 cm³/mol. The number of alkyl halides is 3. The van der Waals surface area contributed by atoms with Gasteiger partial charge in [-0.15, -0.1) is 0 Å². The SMILES string of the molecule is CCOC(=O)C1CCN(C(=O)C(=O)N[C@H](C)C(F)(F)F)C1(C)C. The summed E-state index contributed by atoms with van der Waals surface area (Å²) in [5.41, 5.74) is -1.01. The van der Waals surface area contributed by atoms with Crippen molar-refractivity contribution < 1.29 is 32.3 Å². The van der Waals surface area contributed by atoms with E-state index in [1.807, 2.05) is 0 Å². The zero-order valence-electron chi connectivity index (χ0n) is 13.5. The molecule has 0 aromatic carbocycles. The zero-order valence-corrected chi connectivity index (χ0v) is 13.5. The first kappa shape index (κ1) is 19.2. The Hall–Kier alpha value is -1.80. The number of hydrogen-bond acceptors (Lipinski definition) is 4. The zero-order chi connectivity index (χ0) is 18.0. The molecule has 6 nitrogen and oxygen atoms in total. The normalized spacial score (nSPS) is 21.7. The molecule has 0 saturated carbocycles. The highest BCUT2D eigenvalue weighted by atomic mass is 19.4. The van der Waals surface area contributed by atoms with Crippen LogP contribution in [0.15, 0.2) is 0 Å². The van der Waals surface area contributed by atoms with Crippen molar-refractivity contribution in [3.63, 3.8) is 0 Å². The third-order valence-electron chi connectivity index (χ3n) is 4.04. The van der Waals surface area contributed by atoms with Crippen LogP contribution in [0.4, 0.5) is 13.2 Å². The molecule has 1 fully saturated rings. The third-order valence-corrected chi connectivity index (χ3v) is 4.04. The molecule has 0 spiro atoms. The summed E-state index contributed by atoms with van der Waals surface area (Å²) < 4.78 is 42.3. The number of halogens is 3. The Morgan fingerprint density at radius 1 is 1.35 bits per heavy atom. The first-order chi connectivity index (χ1) is 10.4. The second-order valence-corrected chi connectivity index (χ2v) is 5.94. The predicted octanol–water partition coefficient (Wildman–Crippen LogP) is 1.24. The van der Waals surface area contributed by atoms with Gasteiger partial charge in [0.2, 0.25) is 0 Å². The quantitative estimate of drug-likeness (QED) is 0.621. The van der Waals surface area contributed by atoms with E-state index in [-0.39, 0.29) is 13.2 Å². The maximum absolute atomic E-state index is 12.5. The number of hydrogen-bond donors (Lipinski definition) is 1. The van der Waals surface area contributed by atoms with Gasteiger partial charge in [0.25, 0.3) is 0 Å². The van der Waals surface area contributed by atoms with Gasteiger partial charge in [-0.1, -0.05) is 0 Å². The van der Waals surface area contributed by atoms with Gasteiger partial charge in [-0.3, -0.25) is 14.4 Å². The fourth-order valence-electron chi connectivity index (χ4n) is 2.56. The molecule has 1 aliphatic rings. The maximum atomic E-state index is 12.5. The van der Waals surface area contributed by atoms with Crippen molar-refractivity contribution in [2.75, 3.05) is 13.2 Å². The largest absolute Gasteiger partial charge is 0.466 e. The Balaban J connectivity index is 2.81. The standard InChI is InChI=1S/C14H21F3N2O4/c1-5-23-12(22)9-6-7-19(13(9,3)4)11(21)10(20)18-8(2)14(15,16)17/h8-9H,5-7H2,1-4H3,(H,18,20)/t8-,9?/m1/s1. The molecule has 23 heavy (non-hydrogen) atoms. The fourth-order valence-corrected chi connectivity index (χ4v) is 2.56. The van der Waals surface area contributed by atoms with E-state index in [1.54, 1.807) is 26.1 Å². The monoisotopic (exact) mass is 338 g/mol. The summed E-state index contributed by atoms with van der Waals surface area (Å²) in [6.07, 6.45) is -4.34. The van der Waals surface area contributed by atoms with Crippen molar-refractivity contribution in [2.24, 2.45) is 5.92 Å². The topological polar surface area (TPSA) is 75.7 Å². The highest BCUT2D eigenvalue weighted by Gasteiger charge is 2.50. The van der Waals surface area contributed by atoms with Crippen LogP contribution in [0.3, 0.4) is 0 Å². The van der Waals surface area contributed by atoms with Gasteiger partial charge in [0, 0.05) is 6.54 Å². The summed E-state index contributed by atoms with van der Waals surface area (Å²) in [6.45, 7) is 5.85. The molecule has 1 saturated heterocycles. The number of esters is 1. The smallest absolute Gasteiger partial charge is 0.408 e. The van der Waals surface area contributed by atoms with Gasteiger partial charge in [0.05, 0.1) is 18.1 Å². The molecule has 1 heterocycles. The molecule has 0 aliphatic carbocycles. The minimum Gasteiger partial charge on any atom is -0.466 e. The second kappa shape index (κ2) is 6.76. The summed E-state index contributed by atoms with van der Waals surface area (Å²) >= 11 is 0. The van der Waals surface area contributed by atoms with E-state index in [1.165, 1.54) is 0 Å². The van der Waals surface area contributed by atoms with Crippen LogP contribution in [0.25, 0.3) is 0 Å². The Morgan fingerprint density at radius 3 is 2.39 bits per heavy atom. The Kier molecular flexibility index (Phi) is 5.65. The Morgan fingerprint density at radius 2 is 1.91 bits per heavy atom. The van der Waals surface area contributed by atoms with E-state index in [0.29, 0.717) is 6.42 Å². The molecular weight excluding hydrogens is 317 g/mol. The van der Waals surface area contributed by atoms with Crippen LogP contribution in [-0.4, -0.2) is 53.6 Å². The van der Waals surface area contributed by atoms with Gasteiger partial charge < -0.3 is 15.0 Å². The van der Waals surface area contributed by atoms with Crippen LogP contribution in [0.1, 0.15) is 34.1 Å². The summed E-state index contributed by atoms with van der Waals surface area (Å²) in [5.74, 6) is -3.54. The lowest BCUT2D eigenvalue weighted by molar-refractivity contribution is -0.163. The number of nitrogens with zero attached hydrogens (tertiary/aromatic N) is 1. The minimum atomic E-state index is -4.63. The van der Waals surface area contributed by atoms with Gasteiger partial charge in [-0.2, -0.15) is 13.2 Å². The maximum Gasteiger partial charge on any atom is 0.408 e. The highest BCUT2D eigenvalue weighted by molar-refractivity contribution is 6.35. The first-order valence-corrected chi connectivity index (χ1v) is 7.28. The van der Waals surface area contributed by atoms with Crippen LogP contribution in [0.5, 0.6) is 0 Å². The fraction of sp³-hybridized carbons (Fsp3) is 0.786. The lowest BCUT2D eigenvalue weighted by Crippen LogP contribution is -2.55. The van der Waals surface area contributed by atoms with E-state index in [2.05, 4.69) is 0 Å². The molecule has 2 atom stereocenters. The average Bonchev–Trinajstić information content (AvgIpc) is 2.72. The molecule has 132 valence electrons. The van der Waals surface area contributed by atoms with E-state index < -0.39 is 41.5 Å². The molecule has 1 rings (SSSR count). The van der Waals surface area contributed by atoms with Crippen LogP contribution >= 0.6 is 0 Å². The van der Waals surface area contributed by atoms with Gasteiger partial charge in [0.1, 0.15) is 6.04 Å². The number of likely N-dealkylation sites (tertiary alicyclic amines) is 1. The lowest BCUT2D eigenvalue weighted by Gasteiger charge is -2.34. The van der Waals surface area contributed by atoms with Crippen LogP contribution < -0.4 is 5.32 Å². The first-order valence-electron chi connectivity index (χ1n) is 7.28. The van der Waals surface area contributed by atoms with Crippen molar-refractivity contribution in [1.82, 2.24) is 10.2 Å². The van der Waals surface area contributed by atoms with Gasteiger partial charge in [0.15, 0.2) is 0 Å². The molecule has 1 aliphatic heterocycles. The lowest BCUT2D eigenvalue weighted by atomic mass is 9.88. The van der Waals surface area contributed by atoms with E-state index in [4.69, 9.17) is 4.74 Å². The van der Waals surface area contributed by atoms with Crippen molar-refractivity contribution in [2.45, 2.75) is 51.9 Å². The summed E-state index contributed by atoms with van der Waals surface area (Å²) in [4.78, 5) is 36.9. The van der Waals surface area contributed by atoms with Gasteiger partial charge in [-0.25, -0.2) is 0 Å². The summed E-state index contributed by atoms with van der Waals surface area (Å²) in [5, 5.41) is 1.63. The van der Waals surface area contributed by atoms with Gasteiger partial charge in [-0.05, 0) is 34.1 Å². The summed E-state index contributed by atoms with van der Waals surface area (Å²) in [6, 6.07) is -2.13. The van der Waals surface area contributed by atoms with Crippen molar-refractivity contribution >= 4 is 17.8 Å². The molecule has 1 N–H and O–H groups in total. The average molecular weight is 338 g/mol. The highest BCUT2D eigenvalue weighted by Crippen LogP contribution is 2.35. The number of rotatable bonds is 3. The van der Waals surface area contributed by atoms with Gasteiger partial charge >= 0.3 is 24.0 Å². The van der Waals surface area contributed by atoms with Crippen molar-refractivity contribution in [3.05, 3.63) is 0 Å². The number of ether oxygens (including phenoxy) is 1. The molecule has 9 heteroatoms. The minimum absolute atomic E-state index is 0.100. The number of carbonyl (C=O) groups is 3. The van der Waals surface area contributed by atoms with E-state index in [9.17, 15) is 27.6 Å². The molecule has 0 aromatic heterocycles. The molecule has 1 unspecified atom stereocenters. The van der Waals surface area contributed by atoms with E-state index in [0.717, 1.165) is 11.8 Å². The van der Waals surface area contributed by atoms with Crippen LogP contribution in [-0.2, 0) is 19.1 Å². The van der Waals surface area contributed by atoms with Crippen molar-refractivity contribution in [1.29, 1.82) is 0 Å². The number of amides is 2. The van der Waals surface area contributed by atoms with Crippen LogP contribution in [0.2, 0.25) is 0 Å². The Labute approximate surface area is 132 Å². The Bertz CT molecular complexity index is 491.